The first-order chi connectivity index (χ1) is 9.81. The average molecular weight is 316 g/mol. The molecule has 1 aromatic rings. The van der Waals surface area contributed by atoms with Crippen LogP contribution in [0.15, 0.2) is 29.2 Å². The Kier molecular flexibility index (Phi) is 6.28. The summed E-state index contributed by atoms with van der Waals surface area (Å²) in [6.07, 6.45) is -0.636. The van der Waals surface area contributed by atoms with E-state index in [1.54, 1.807) is 0 Å². The first-order valence-electron chi connectivity index (χ1n) is 6.21. The molecule has 1 aromatic carbocycles. The largest absolute Gasteiger partial charge is 0.355 e. The molecular weight excluding hydrogens is 296 g/mol. The fourth-order valence-corrected chi connectivity index (χ4v) is 2.80. The molecule has 0 aromatic heterocycles. The molecule has 7 nitrogen and oxygen atoms in total. The van der Waals surface area contributed by atoms with E-state index >= 15 is 0 Å². The fraction of sp³-hybridized carbons (Fsp3) is 0.462. The normalized spacial score (nSPS) is 11.9. The van der Waals surface area contributed by atoms with Gasteiger partial charge in [0, 0.05) is 33.9 Å². The predicted octanol–water partition coefficient (Wildman–Crippen LogP) is 0.884. The highest BCUT2D eigenvalue weighted by molar-refractivity contribution is 7.89. The molecule has 0 fully saturated rings. The smallest absolute Gasteiger partial charge is 0.242 e. The Hall–Kier alpha value is -1.48. The SMILES string of the molecule is COC(CN(C)S(=O)(=O)c1ccc(NC(C)=O)cc1)OC. The van der Waals surface area contributed by atoms with E-state index in [2.05, 4.69) is 5.32 Å². The van der Waals surface area contributed by atoms with Gasteiger partial charge in [0.25, 0.3) is 0 Å². The standard InChI is InChI=1S/C13H20N2O5S/c1-10(16)14-11-5-7-12(8-6-11)21(17,18)15(2)9-13(19-3)20-4/h5-8,13H,9H2,1-4H3,(H,14,16). The van der Waals surface area contributed by atoms with Crippen molar-refractivity contribution in [2.75, 3.05) is 33.1 Å². The Morgan fingerprint density at radius 1 is 1.24 bits per heavy atom. The summed E-state index contributed by atoms with van der Waals surface area (Å²) >= 11 is 0. The highest BCUT2D eigenvalue weighted by Crippen LogP contribution is 2.18. The monoisotopic (exact) mass is 316 g/mol. The minimum absolute atomic E-state index is 0.0722. The first-order valence-corrected chi connectivity index (χ1v) is 7.65. The molecule has 21 heavy (non-hydrogen) atoms. The van der Waals surface area contributed by atoms with Crippen molar-refractivity contribution in [3.63, 3.8) is 0 Å². The van der Waals surface area contributed by atoms with Gasteiger partial charge in [-0.15, -0.1) is 0 Å². The van der Waals surface area contributed by atoms with Gasteiger partial charge >= 0.3 is 0 Å². The van der Waals surface area contributed by atoms with Gasteiger partial charge in [-0.1, -0.05) is 0 Å². The number of ether oxygens (including phenoxy) is 2. The fourth-order valence-electron chi connectivity index (χ4n) is 1.65. The van der Waals surface area contributed by atoms with Crippen LogP contribution in [0.2, 0.25) is 0 Å². The summed E-state index contributed by atoms with van der Waals surface area (Å²) in [6, 6.07) is 5.94. The van der Waals surface area contributed by atoms with Crippen molar-refractivity contribution in [2.45, 2.75) is 18.1 Å². The molecule has 0 bridgehead atoms. The van der Waals surface area contributed by atoms with Gasteiger partial charge < -0.3 is 14.8 Å². The van der Waals surface area contributed by atoms with Crippen LogP contribution in [0.4, 0.5) is 5.69 Å². The number of benzene rings is 1. The van der Waals surface area contributed by atoms with Gasteiger partial charge in [-0.2, -0.15) is 4.31 Å². The lowest BCUT2D eigenvalue weighted by Crippen LogP contribution is -2.36. The molecule has 0 heterocycles. The number of nitrogens with zero attached hydrogens (tertiary/aromatic N) is 1. The number of hydrogen-bond acceptors (Lipinski definition) is 5. The first kappa shape index (κ1) is 17.6. The second-order valence-electron chi connectivity index (χ2n) is 4.39. The predicted molar refractivity (Wildman–Crippen MR) is 78.4 cm³/mol. The molecule has 0 radical (unpaired) electrons. The van der Waals surface area contributed by atoms with Crippen LogP contribution < -0.4 is 5.32 Å². The Bertz CT molecular complexity index is 567. The zero-order valence-corrected chi connectivity index (χ0v) is 13.3. The summed E-state index contributed by atoms with van der Waals surface area (Å²) in [4.78, 5) is 11.1. The van der Waals surface area contributed by atoms with Gasteiger partial charge in [0.05, 0.1) is 11.4 Å². The third-order valence-electron chi connectivity index (χ3n) is 2.81. The molecule has 0 aliphatic heterocycles. The molecular formula is C13H20N2O5S. The number of anilines is 1. The molecule has 118 valence electrons. The molecule has 1 N–H and O–H groups in total. The van der Waals surface area contributed by atoms with Crippen LogP contribution in [0.3, 0.4) is 0 Å². The van der Waals surface area contributed by atoms with E-state index in [9.17, 15) is 13.2 Å². The molecule has 0 atom stereocenters. The molecule has 0 saturated carbocycles. The Labute approximate surface area is 124 Å². The third-order valence-corrected chi connectivity index (χ3v) is 4.65. The van der Waals surface area contributed by atoms with Crippen molar-refractivity contribution in [1.29, 1.82) is 0 Å². The van der Waals surface area contributed by atoms with Crippen LogP contribution in [0.5, 0.6) is 0 Å². The van der Waals surface area contributed by atoms with Crippen LogP contribution in [-0.4, -0.2) is 52.7 Å². The molecule has 8 heteroatoms. The van der Waals surface area contributed by atoms with Crippen molar-refractivity contribution in [3.05, 3.63) is 24.3 Å². The van der Waals surface area contributed by atoms with Crippen molar-refractivity contribution < 1.29 is 22.7 Å². The number of rotatable bonds is 7. The topological polar surface area (TPSA) is 84.9 Å². The van der Waals surface area contributed by atoms with Gasteiger partial charge in [0.2, 0.25) is 15.9 Å². The number of hydrogen-bond donors (Lipinski definition) is 1. The molecule has 1 amide bonds. The summed E-state index contributed by atoms with van der Waals surface area (Å²) in [6.45, 7) is 1.46. The number of likely N-dealkylation sites (N-methyl/N-ethyl adjacent to an activating group) is 1. The van der Waals surface area contributed by atoms with E-state index in [-0.39, 0.29) is 17.3 Å². The minimum Gasteiger partial charge on any atom is -0.355 e. The second kappa shape index (κ2) is 7.51. The highest BCUT2D eigenvalue weighted by atomic mass is 32.2. The Morgan fingerprint density at radius 3 is 2.19 bits per heavy atom. The van der Waals surface area contributed by atoms with Crippen LogP contribution >= 0.6 is 0 Å². The van der Waals surface area contributed by atoms with E-state index in [1.807, 2.05) is 0 Å². The van der Waals surface area contributed by atoms with Crippen molar-refractivity contribution in [1.82, 2.24) is 4.31 Å². The summed E-state index contributed by atoms with van der Waals surface area (Å²) in [7, 11) is 0.690. The van der Waals surface area contributed by atoms with Crippen LogP contribution in [0.25, 0.3) is 0 Å². The number of nitrogens with one attached hydrogen (secondary N) is 1. The molecule has 0 aliphatic carbocycles. The number of carbonyl (C=O) groups is 1. The minimum atomic E-state index is -3.64. The van der Waals surface area contributed by atoms with E-state index in [1.165, 1.54) is 52.5 Å². The van der Waals surface area contributed by atoms with E-state index in [4.69, 9.17) is 9.47 Å². The number of sulfonamides is 1. The zero-order valence-electron chi connectivity index (χ0n) is 12.5. The maximum Gasteiger partial charge on any atom is 0.242 e. The van der Waals surface area contributed by atoms with E-state index in [0.29, 0.717) is 5.69 Å². The second-order valence-corrected chi connectivity index (χ2v) is 6.44. The summed E-state index contributed by atoms with van der Waals surface area (Å²) in [5, 5.41) is 2.58. The summed E-state index contributed by atoms with van der Waals surface area (Å²) in [5.41, 5.74) is 0.538. The third kappa shape index (κ3) is 4.78. The molecule has 0 spiro atoms. The lowest BCUT2D eigenvalue weighted by Gasteiger charge is -2.22. The quantitative estimate of drug-likeness (QED) is 0.755. The van der Waals surface area contributed by atoms with Crippen molar-refractivity contribution in [2.24, 2.45) is 0 Å². The van der Waals surface area contributed by atoms with Crippen LogP contribution in [-0.2, 0) is 24.3 Å². The van der Waals surface area contributed by atoms with E-state index < -0.39 is 16.3 Å². The average Bonchev–Trinajstić information content (AvgIpc) is 2.44. The van der Waals surface area contributed by atoms with Gasteiger partial charge in [-0.05, 0) is 24.3 Å². The highest BCUT2D eigenvalue weighted by Gasteiger charge is 2.23. The lowest BCUT2D eigenvalue weighted by molar-refractivity contribution is -0.114. The van der Waals surface area contributed by atoms with Gasteiger partial charge in [-0.3, -0.25) is 4.79 Å². The molecule has 0 saturated heterocycles. The number of amides is 1. The van der Waals surface area contributed by atoms with Gasteiger partial charge in [-0.25, -0.2) is 8.42 Å². The zero-order chi connectivity index (χ0) is 16.0. The van der Waals surface area contributed by atoms with Crippen LogP contribution in [0.1, 0.15) is 6.92 Å². The van der Waals surface area contributed by atoms with Gasteiger partial charge in [0.15, 0.2) is 6.29 Å². The summed E-state index contributed by atoms with van der Waals surface area (Å²) < 4.78 is 35.8. The van der Waals surface area contributed by atoms with Crippen molar-refractivity contribution in [3.8, 4) is 0 Å². The number of carbonyl (C=O) groups excluding carboxylic acids is 1. The molecule has 0 unspecified atom stereocenters. The summed E-state index contributed by atoms with van der Waals surface area (Å²) in [5.74, 6) is -0.217. The number of methoxy groups -OCH3 is 2. The van der Waals surface area contributed by atoms with Gasteiger partial charge in [0.1, 0.15) is 0 Å². The molecule has 0 aliphatic rings. The lowest BCUT2D eigenvalue weighted by atomic mass is 10.3. The van der Waals surface area contributed by atoms with E-state index in [0.717, 1.165) is 4.31 Å². The van der Waals surface area contributed by atoms with Crippen LogP contribution in [0, 0.1) is 0 Å². The Morgan fingerprint density at radius 2 is 1.76 bits per heavy atom. The maximum absolute atomic E-state index is 12.4. The Balaban J connectivity index is 2.89. The maximum atomic E-state index is 12.4. The molecule has 1 rings (SSSR count). The van der Waals surface area contributed by atoms with Crippen molar-refractivity contribution >= 4 is 21.6 Å².